The molecule has 4 rings (SSSR count). The van der Waals surface area contributed by atoms with Gasteiger partial charge in [-0.2, -0.15) is 13.2 Å². The lowest BCUT2D eigenvalue weighted by atomic mass is 9.89. The predicted octanol–water partition coefficient (Wildman–Crippen LogP) is 4.80. The molecule has 0 amide bonds. The fourth-order valence-electron chi connectivity index (χ4n) is 3.33. The second kappa shape index (κ2) is 5.69. The van der Waals surface area contributed by atoms with E-state index in [1.807, 2.05) is 0 Å². The predicted molar refractivity (Wildman–Crippen MR) is 91.9 cm³/mol. The zero-order valence-corrected chi connectivity index (χ0v) is 14.2. The second-order valence-electron chi connectivity index (χ2n) is 6.53. The summed E-state index contributed by atoms with van der Waals surface area (Å²) >= 11 is 1.48. The van der Waals surface area contributed by atoms with Gasteiger partial charge < -0.3 is 4.98 Å². The number of hydrogen-bond donors (Lipinski definition) is 1. The molecule has 0 aliphatic heterocycles. The molecule has 0 radical (unpaired) electrons. The summed E-state index contributed by atoms with van der Waals surface area (Å²) in [6.07, 6.45) is -1.62. The van der Waals surface area contributed by atoms with Crippen LogP contribution in [0.5, 0.6) is 0 Å². The molecule has 7 heteroatoms. The zero-order valence-electron chi connectivity index (χ0n) is 13.4. The Morgan fingerprint density at radius 2 is 2.12 bits per heavy atom. The number of aryl methyl sites for hydroxylation is 1. The molecule has 1 N–H and O–H groups in total. The molecule has 130 valence electrons. The maximum absolute atomic E-state index is 12.9. The van der Waals surface area contributed by atoms with Crippen LogP contribution in [0.2, 0.25) is 0 Å². The summed E-state index contributed by atoms with van der Waals surface area (Å²) in [4.78, 5) is 21.5. The van der Waals surface area contributed by atoms with Gasteiger partial charge in [0.25, 0.3) is 5.56 Å². The summed E-state index contributed by atoms with van der Waals surface area (Å²) in [7, 11) is 0. The van der Waals surface area contributed by atoms with Gasteiger partial charge in [0.05, 0.1) is 10.9 Å². The lowest BCUT2D eigenvalue weighted by molar-refractivity contribution is -0.137. The average Bonchev–Trinajstić information content (AvgIpc) is 2.91. The van der Waals surface area contributed by atoms with E-state index in [9.17, 15) is 18.0 Å². The van der Waals surface area contributed by atoms with Gasteiger partial charge in [-0.3, -0.25) is 4.79 Å². The second-order valence-corrected chi connectivity index (χ2v) is 7.61. The van der Waals surface area contributed by atoms with Crippen molar-refractivity contribution in [1.82, 2.24) is 9.97 Å². The first-order chi connectivity index (χ1) is 11.8. The number of nitrogens with zero attached hydrogens (tertiary/aromatic N) is 1. The molecule has 0 saturated heterocycles. The van der Waals surface area contributed by atoms with Crippen LogP contribution in [0.3, 0.4) is 0 Å². The van der Waals surface area contributed by atoms with Crippen molar-refractivity contribution in [2.75, 3.05) is 0 Å². The number of thiophene rings is 1. The molecule has 2 heterocycles. The van der Waals surface area contributed by atoms with Crippen LogP contribution in [-0.2, 0) is 19.0 Å². The standard InChI is InChI=1S/C18H15F3N2OS/c1-9-5-6-12-13(7-9)25-17-14(12)16(24)22-15(23-17)10-3-2-4-11(8-10)18(19,20)21/h2-4,8-9H,5-7H2,1H3,(H,22,23,24). The Balaban J connectivity index is 1.86. The van der Waals surface area contributed by atoms with Gasteiger partial charge in [0, 0.05) is 10.4 Å². The highest BCUT2D eigenvalue weighted by atomic mass is 32.1. The molecule has 3 nitrogen and oxygen atoms in total. The first-order valence-electron chi connectivity index (χ1n) is 8.05. The van der Waals surface area contributed by atoms with Gasteiger partial charge in [-0.15, -0.1) is 11.3 Å². The van der Waals surface area contributed by atoms with Crippen molar-refractivity contribution < 1.29 is 13.2 Å². The van der Waals surface area contributed by atoms with Gasteiger partial charge in [0.2, 0.25) is 0 Å². The molecule has 3 aromatic rings. The maximum Gasteiger partial charge on any atom is 0.416 e. The molecule has 0 fully saturated rings. The van der Waals surface area contributed by atoms with Crippen LogP contribution in [0.25, 0.3) is 21.6 Å². The molecule has 0 spiro atoms. The van der Waals surface area contributed by atoms with Crippen molar-refractivity contribution in [3.63, 3.8) is 0 Å². The third kappa shape index (κ3) is 2.86. The van der Waals surface area contributed by atoms with E-state index in [0.29, 0.717) is 16.1 Å². The number of rotatable bonds is 1. The molecule has 2 aromatic heterocycles. The number of alkyl halides is 3. The Kier molecular flexibility index (Phi) is 3.72. The van der Waals surface area contributed by atoms with Gasteiger partial charge in [-0.1, -0.05) is 19.1 Å². The molecule has 1 unspecified atom stereocenters. The van der Waals surface area contributed by atoms with Crippen molar-refractivity contribution in [2.45, 2.75) is 32.4 Å². The van der Waals surface area contributed by atoms with E-state index in [1.54, 1.807) is 0 Å². The van der Waals surface area contributed by atoms with E-state index in [2.05, 4.69) is 16.9 Å². The van der Waals surface area contributed by atoms with E-state index in [0.717, 1.165) is 37.0 Å². The Bertz CT molecular complexity index is 1020. The number of H-pyrrole nitrogens is 1. The molecule has 25 heavy (non-hydrogen) atoms. The fourth-order valence-corrected chi connectivity index (χ4v) is 4.71. The van der Waals surface area contributed by atoms with Crippen LogP contribution in [0.1, 0.15) is 29.3 Å². The number of nitrogens with one attached hydrogen (secondary N) is 1. The molecule has 1 aliphatic carbocycles. The van der Waals surface area contributed by atoms with Crippen molar-refractivity contribution in [3.8, 4) is 11.4 Å². The van der Waals surface area contributed by atoms with E-state index < -0.39 is 11.7 Å². The van der Waals surface area contributed by atoms with Gasteiger partial charge in [0.1, 0.15) is 10.7 Å². The zero-order chi connectivity index (χ0) is 17.8. The Labute approximate surface area is 145 Å². The minimum Gasteiger partial charge on any atom is -0.306 e. The van der Waals surface area contributed by atoms with Crippen LogP contribution in [0.4, 0.5) is 13.2 Å². The maximum atomic E-state index is 12.9. The van der Waals surface area contributed by atoms with Gasteiger partial charge in [-0.25, -0.2) is 4.98 Å². The summed E-state index contributed by atoms with van der Waals surface area (Å²) in [5.74, 6) is 0.748. The van der Waals surface area contributed by atoms with Gasteiger partial charge >= 0.3 is 6.18 Å². The number of benzene rings is 1. The summed E-state index contributed by atoms with van der Waals surface area (Å²) < 4.78 is 38.8. The lowest BCUT2D eigenvalue weighted by Gasteiger charge is -2.17. The van der Waals surface area contributed by atoms with Crippen molar-refractivity contribution in [1.29, 1.82) is 0 Å². The van der Waals surface area contributed by atoms with Crippen LogP contribution < -0.4 is 5.56 Å². The van der Waals surface area contributed by atoms with Crippen molar-refractivity contribution in [3.05, 3.63) is 50.6 Å². The Hall–Kier alpha value is -2.15. The number of halogens is 3. The fraction of sp³-hybridized carbons (Fsp3) is 0.333. The Morgan fingerprint density at radius 1 is 1.32 bits per heavy atom. The van der Waals surface area contributed by atoms with Gasteiger partial charge in [0.15, 0.2) is 0 Å². The van der Waals surface area contributed by atoms with Crippen molar-refractivity contribution in [2.24, 2.45) is 5.92 Å². The molecule has 0 saturated carbocycles. The van der Waals surface area contributed by atoms with Crippen LogP contribution in [0, 0.1) is 5.92 Å². The molecule has 1 aromatic carbocycles. The smallest absolute Gasteiger partial charge is 0.306 e. The third-order valence-electron chi connectivity index (χ3n) is 4.63. The highest BCUT2D eigenvalue weighted by Crippen LogP contribution is 2.36. The number of aromatic amines is 1. The monoisotopic (exact) mass is 364 g/mol. The number of fused-ring (bicyclic) bond motifs is 3. The van der Waals surface area contributed by atoms with Crippen LogP contribution in [0.15, 0.2) is 29.1 Å². The molecule has 1 atom stereocenters. The Morgan fingerprint density at radius 3 is 2.88 bits per heavy atom. The quantitative estimate of drug-likeness (QED) is 0.674. The number of hydrogen-bond acceptors (Lipinski definition) is 3. The topological polar surface area (TPSA) is 45.8 Å². The van der Waals surface area contributed by atoms with E-state index in [1.165, 1.54) is 28.3 Å². The molecule has 0 bridgehead atoms. The normalized spacial score (nSPS) is 17.7. The van der Waals surface area contributed by atoms with E-state index in [-0.39, 0.29) is 16.9 Å². The summed E-state index contributed by atoms with van der Waals surface area (Å²) in [6.45, 7) is 2.18. The molecular formula is C18H15F3N2OS. The minimum atomic E-state index is -4.43. The lowest BCUT2D eigenvalue weighted by Crippen LogP contribution is -2.13. The minimum absolute atomic E-state index is 0.176. The summed E-state index contributed by atoms with van der Waals surface area (Å²) in [5.41, 5.74) is 0.285. The van der Waals surface area contributed by atoms with Crippen molar-refractivity contribution >= 4 is 21.6 Å². The largest absolute Gasteiger partial charge is 0.416 e. The highest BCUT2D eigenvalue weighted by Gasteiger charge is 2.30. The highest BCUT2D eigenvalue weighted by molar-refractivity contribution is 7.18. The SMILES string of the molecule is CC1CCc2c(sc3nc(-c4cccc(C(F)(F)F)c4)[nH]c(=O)c23)C1. The van der Waals surface area contributed by atoms with Crippen LogP contribution in [-0.4, -0.2) is 9.97 Å². The first kappa shape index (κ1) is 16.3. The first-order valence-corrected chi connectivity index (χ1v) is 8.87. The average molecular weight is 364 g/mol. The van der Waals surface area contributed by atoms with Gasteiger partial charge in [-0.05, 0) is 42.9 Å². The molecule has 1 aliphatic rings. The molecular weight excluding hydrogens is 349 g/mol. The van der Waals surface area contributed by atoms with E-state index >= 15 is 0 Å². The van der Waals surface area contributed by atoms with Crippen LogP contribution >= 0.6 is 11.3 Å². The summed E-state index contributed by atoms with van der Waals surface area (Å²) in [5, 5.41) is 0.600. The summed E-state index contributed by atoms with van der Waals surface area (Å²) in [6, 6.07) is 4.86. The van der Waals surface area contributed by atoms with E-state index in [4.69, 9.17) is 0 Å². The number of aromatic nitrogens is 2. The third-order valence-corrected chi connectivity index (χ3v) is 5.78.